The lowest BCUT2D eigenvalue weighted by Crippen LogP contribution is -2.52. The fourth-order valence-corrected chi connectivity index (χ4v) is 6.86. The van der Waals surface area contributed by atoms with E-state index < -0.39 is 11.4 Å². The van der Waals surface area contributed by atoms with E-state index in [-0.39, 0.29) is 18.9 Å². The van der Waals surface area contributed by atoms with Gasteiger partial charge in [-0.15, -0.1) is 11.3 Å². The monoisotopic (exact) mass is 537 g/mol. The number of quaternary nitrogens is 1. The second kappa shape index (κ2) is 10.6. The van der Waals surface area contributed by atoms with Crippen molar-refractivity contribution in [2.75, 3.05) is 40.3 Å². The molecule has 0 radical (unpaired) electrons. The first-order chi connectivity index (χ1) is 17.7. The van der Waals surface area contributed by atoms with E-state index in [4.69, 9.17) is 4.98 Å². The number of carboxylic acid groups (broad SMARTS) is 1. The maximum absolute atomic E-state index is 13.3. The molecule has 0 spiro atoms. The Morgan fingerprint density at radius 3 is 2.49 bits per heavy atom. The van der Waals surface area contributed by atoms with E-state index >= 15 is 0 Å². The Morgan fingerprint density at radius 1 is 1.11 bits per heavy atom. The first kappa shape index (κ1) is 25.9. The minimum absolute atomic E-state index is 0.186. The van der Waals surface area contributed by atoms with Crippen molar-refractivity contribution in [1.29, 1.82) is 0 Å². The summed E-state index contributed by atoms with van der Waals surface area (Å²) < 4.78 is 3.50. The SMILES string of the molecule is C[N+]1(C)CCN(Sc2cccc(-c3csc(CNC(=O)C4(CC(=O)O)Cc5ccccc5C4)n3)c2)CC1. The molecule has 2 heterocycles. The number of fused-ring (bicyclic) bond motifs is 1. The summed E-state index contributed by atoms with van der Waals surface area (Å²) in [5.74, 6) is -1.17. The minimum Gasteiger partial charge on any atom is -0.481 e. The van der Waals surface area contributed by atoms with Crippen LogP contribution in [0.25, 0.3) is 11.3 Å². The third kappa shape index (κ3) is 6.06. The summed E-state index contributed by atoms with van der Waals surface area (Å²) in [6.07, 6.45) is 0.708. The van der Waals surface area contributed by atoms with Gasteiger partial charge in [-0.3, -0.25) is 9.59 Å². The largest absolute Gasteiger partial charge is 0.481 e. The van der Waals surface area contributed by atoms with Crippen LogP contribution in [-0.4, -0.2) is 71.0 Å². The number of benzene rings is 2. The highest BCUT2D eigenvalue weighted by molar-refractivity contribution is 7.97. The zero-order valence-corrected chi connectivity index (χ0v) is 22.9. The van der Waals surface area contributed by atoms with Gasteiger partial charge in [0, 0.05) is 15.8 Å². The molecule has 0 atom stereocenters. The number of hydrogen-bond donors (Lipinski definition) is 2. The van der Waals surface area contributed by atoms with Gasteiger partial charge in [0.25, 0.3) is 0 Å². The summed E-state index contributed by atoms with van der Waals surface area (Å²) in [5, 5.41) is 15.3. The number of nitrogens with zero attached hydrogens (tertiary/aromatic N) is 3. The number of carbonyl (C=O) groups excluding carboxylic acids is 1. The Bertz CT molecular complexity index is 1270. The lowest BCUT2D eigenvalue weighted by atomic mass is 9.80. The standard InChI is InChI=1S/C28H32N4O3S2/c1-32(2)12-10-31(11-13-32)37-23-9-5-8-20(14-23)24-19-36-25(30-24)18-29-27(35)28(17-26(33)34)15-21-6-3-4-7-22(21)16-28/h3-9,14,19H,10-13,15-18H2,1-2H3,(H-,29,33,34,35)/p+1. The molecule has 7 nitrogen and oxygen atoms in total. The molecule has 1 aliphatic heterocycles. The highest BCUT2D eigenvalue weighted by Crippen LogP contribution is 2.40. The van der Waals surface area contributed by atoms with Crippen LogP contribution in [0.5, 0.6) is 0 Å². The number of carbonyl (C=O) groups is 2. The van der Waals surface area contributed by atoms with Crippen LogP contribution in [0.4, 0.5) is 0 Å². The highest BCUT2D eigenvalue weighted by Gasteiger charge is 2.45. The normalized spacial score (nSPS) is 18.3. The molecule has 1 saturated heterocycles. The number of likely N-dealkylation sites (N-methyl/N-ethyl adjacent to an activating group) is 1. The molecule has 0 unspecified atom stereocenters. The van der Waals surface area contributed by atoms with Gasteiger partial charge in [-0.2, -0.15) is 0 Å². The van der Waals surface area contributed by atoms with E-state index in [2.05, 4.69) is 48.0 Å². The molecule has 9 heteroatoms. The van der Waals surface area contributed by atoms with Gasteiger partial charge in [0.2, 0.25) is 5.91 Å². The molecule has 2 aromatic carbocycles. The average molecular weight is 538 g/mol. The van der Waals surface area contributed by atoms with Crippen LogP contribution in [0, 0.1) is 5.41 Å². The zero-order chi connectivity index (χ0) is 26.0. The molecule has 1 amide bonds. The van der Waals surface area contributed by atoms with Crippen LogP contribution in [0.2, 0.25) is 0 Å². The van der Waals surface area contributed by atoms with Gasteiger partial charge in [-0.25, -0.2) is 9.29 Å². The predicted octanol–water partition coefficient (Wildman–Crippen LogP) is 4.09. The van der Waals surface area contributed by atoms with Crippen molar-refractivity contribution in [2.45, 2.75) is 30.7 Å². The number of amides is 1. The molecule has 1 aromatic heterocycles. The molecule has 3 aromatic rings. The van der Waals surface area contributed by atoms with Gasteiger partial charge in [-0.1, -0.05) is 36.4 Å². The van der Waals surface area contributed by atoms with Crippen LogP contribution < -0.4 is 5.32 Å². The van der Waals surface area contributed by atoms with E-state index in [1.807, 2.05) is 29.6 Å². The Kier molecular flexibility index (Phi) is 7.40. The number of thiazole rings is 1. The molecule has 0 saturated carbocycles. The summed E-state index contributed by atoms with van der Waals surface area (Å²) in [6.45, 7) is 4.71. The summed E-state index contributed by atoms with van der Waals surface area (Å²) >= 11 is 3.31. The van der Waals surface area contributed by atoms with Crippen molar-refractivity contribution in [2.24, 2.45) is 5.41 Å². The summed E-state index contributed by atoms with van der Waals surface area (Å²) in [6, 6.07) is 16.3. The van der Waals surface area contributed by atoms with Crippen molar-refractivity contribution in [3.8, 4) is 11.3 Å². The first-order valence-electron chi connectivity index (χ1n) is 12.6. The van der Waals surface area contributed by atoms with Gasteiger partial charge in [-0.05, 0) is 48.0 Å². The van der Waals surface area contributed by atoms with E-state index in [1.54, 1.807) is 11.9 Å². The Balaban J connectivity index is 1.22. The summed E-state index contributed by atoms with van der Waals surface area (Å²) in [5.41, 5.74) is 3.10. The maximum atomic E-state index is 13.3. The van der Waals surface area contributed by atoms with Crippen LogP contribution >= 0.6 is 23.3 Å². The Hall–Kier alpha value is -2.72. The fourth-order valence-electron chi connectivity index (χ4n) is 5.16. The van der Waals surface area contributed by atoms with Crippen molar-refractivity contribution < 1.29 is 19.2 Å². The molecular weight excluding hydrogens is 504 g/mol. The summed E-state index contributed by atoms with van der Waals surface area (Å²) in [7, 11) is 4.56. The van der Waals surface area contributed by atoms with Gasteiger partial charge >= 0.3 is 5.97 Å². The van der Waals surface area contributed by atoms with E-state index in [1.165, 1.54) is 16.2 Å². The molecule has 5 rings (SSSR count). The van der Waals surface area contributed by atoms with Gasteiger partial charge in [0.1, 0.15) is 5.01 Å². The minimum atomic E-state index is -0.955. The number of rotatable bonds is 8. The smallest absolute Gasteiger partial charge is 0.304 e. The third-order valence-electron chi connectivity index (χ3n) is 7.37. The Labute approximate surface area is 226 Å². The molecule has 1 fully saturated rings. The number of aromatic nitrogens is 1. The lowest BCUT2D eigenvalue weighted by molar-refractivity contribution is -0.893. The molecule has 0 bridgehead atoms. The summed E-state index contributed by atoms with van der Waals surface area (Å²) in [4.78, 5) is 30.9. The zero-order valence-electron chi connectivity index (χ0n) is 21.3. The first-order valence-corrected chi connectivity index (χ1v) is 14.2. The lowest BCUT2D eigenvalue weighted by Gasteiger charge is -2.38. The highest BCUT2D eigenvalue weighted by atomic mass is 32.2. The molecule has 1 aliphatic carbocycles. The van der Waals surface area contributed by atoms with E-state index in [9.17, 15) is 14.7 Å². The van der Waals surface area contributed by atoms with Crippen LogP contribution in [-0.2, 0) is 29.0 Å². The average Bonchev–Trinajstić information content (AvgIpc) is 3.49. The molecule has 194 valence electrons. The number of piperazine rings is 1. The number of aliphatic carboxylic acids is 1. The van der Waals surface area contributed by atoms with Gasteiger partial charge < -0.3 is 14.9 Å². The number of nitrogens with one attached hydrogen (secondary N) is 1. The maximum Gasteiger partial charge on any atom is 0.304 e. The van der Waals surface area contributed by atoms with Crippen LogP contribution in [0.3, 0.4) is 0 Å². The van der Waals surface area contributed by atoms with Crippen molar-refractivity contribution in [1.82, 2.24) is 14.6 Å². The van der Waals surface area contributed by atoms with Gasteiger partial charge in [0.15, 0.2) is 0 Å². The predicted molar refractivity (Wildman–Crippen MR) is 147 cm³/mol. The fraction of sp³-hybridized carbons (Fsp3) is 0.393. The molecular formula is C28H33N4O3S2+. The molecule has 2 N–H and O–H groups in total. The van der Waals surface area contributed by atoms with Crippen molar-refractivity contribution in [3.05, 3.63) is 70.0 Å². The van der Waals surface area contributed by atoms with Gasteiger partial charge in [0.05, 0.1) is 64.3 Å². The van der Waals surface area contributed by atoms with Crippen LogP contribution in [0.1, 0.15) is 22.6 Å². The number of hydrogen-bond acceptors (Lipinski definition) is 6. The quantitative estimate of drug-likeness (QED) is 0.333. The third-order valence-corrected chi connectivity index (χ3v) is 9.31. The second-order valence-corrected chi connectivity index (χ2v) is 12.8. The molecule has 2 aliphatic rings. The Morgan fingerprint density at radius 2 is 1.81 bits per heavy atom. The number of carboxylic acids is 1. The molecule has 37 heavy (non-hydrogen) atoms. The second-order valence-electron chi connectivity index (χ2n) is 10.7. The van der Waals surface area contributed by atoms with E-state index in [0.717, 1.165) is 58.1 Å². The van der Waals surface area contributed by atoms with E-state index in [0.29, 0.717) is 12.8 Å². The van der Waals surface area contributed by atoms with Crippen molar-refractivity contribution in [3.63, 3.8) is 0 Å². The topological polar surface area (TPSA) is 82.5 Å². The van der Waals surface area contributed by atoms with Crippen molar-refractivity contribution >= 4 is 35.2 Å². The van der Waals surface area contributed by atoms with Crippen LogP contribution in [0.15, 0.2) is 58.8 Å².